The second-order valence-electron chi connectivity index (χ2n) is 22.9. The fraction of sp³-hybridized carbons (Fsp3) is 0.855. The number of carboxylic acid groups (broad SMARTS) is 1. The number of hydrogen-bond donors (Lipinski definition) is 4. The molecule has 3 unspecified atom stereocenters. The molecule has 78 heavy (non-hydrogen) atoms. The van der Waals surface area contributed by atoms with Gasteiger partial charge < -0.3 is 25.2 Å². The van der Waals surface area contributed by atoms with Crippen LogP contribution < -0.4 is 0 Å². The molecular formula is C69H128O9. The smallest absolute Gasteiger partial charge is 0.345 e. The molecule has 0 aromatic heterocycles. The predicted octanol–water partition coefficient (Wildman–Crippen LogP) is 19.5. The van der Waals surface area contributed by atoms with Gasteiger partial charge in [0, 0.05) is 18.8 Å². The van der Waals surface area contributed by atoms with Crippen molar-refractivity contribution in [1.29, 1.82) is 0 Å². The first-order valence-electron chi connectivity index (χ1n) is 33.5. The van der Waals surface area contributed by atoms with Gasteiger partial charge in [-0.25, -0.2) is 4.79 Å². The van der Waals surface area contributed by atoms with Crippen molar-refractivity contribution in [3.63, 3.8) is 0 Å². The van der Waals surface area contributed by atoms with Gasteiger partial charge in [0.05, 0.1) is 13.2 Å². The Hall–Kier alpha value is -2.62. The molecule has 0 radical (unpaired) electrons. The number of aliphatic hydroxyl groups is 3. The molecule has 0 rings (SSSR count). The van der Waals surface area contributed by atoms with E-state index in [2.05, 4.69) is 64.2 Å². The van der Waals surface area contributed by atoms with Gasteiger partial charge in [-0.1, -0.05) is 257 Å². The van der Waals surface area contributed by atoms with Crippen molar-refractivity contribution in [2.75, 3.05) is 13.2 Å². The molecule has 9 heteroatoms. The molecule has 0 heterocycles. The van der Waals surface area contributed by atoms with Gasteiger partial charge in [0.2, 0.25) is 0 Å². The Kier molecular flexibility index (Phi) is 63.1. The molecule has 458 valence electrons. The largest absolute Gasteiger partial charge is 0.479 e. The number of aliphatic carboxylic acids is 1. The zero-order valence-corrected chi connectivity index (χ0v) is 51.7. The van der Waals surface area contributed by atoms with Crippen molar-refractivity contribution in [2.24, 2.45) is 11.8 Å². The lowest BCUT2D eigenvalue weighted by atomic mass is 9.79. The summed E-state index contributed by atoms with van der Waals surface area (Å²) < 4.78 is 5.83. The van der Waals surface area contributed by atoms with Crippen LogP contribution in [0.5, 0.6) is 0 Å². The van der Waals surface area contributed by atoms with Crippen LogP contribution in [0.15, 0.2) is 36.5 Å². The lowest BCUT2D eigenvalue weighted by Gasteiger charge is -2.26. The summed E-state index contributed by atoms with van der Waals surface area (Å²) in [6.07, 6.45) is 64.4. The fourth-order valence-electron chi connectivity index (χ4n) is 10.2. The van der Waals surface area contributed by atoms with Crippen LogP contribution in [0.1, 0.15) is 342 Å². The van der Waals surface area contributed by atoms with E-state index in [0.717, 1.165) is 122 Å². The number of esters is 1. The quantitative estimate of drug-likeness (QED) is 0.0201. The number of ether oxygens (including phenoxy) is 1. The SMILES string of the molecule is CCCCCCCCC=CCCCCCCCC(=O)C(CCCCCC=CCCCCCCCC)C(C(=O)CCCCCCCC=CCCCCCCCC)C(=O)OC(CCCCCCCCCC)C(=O)O.OCC(O)CO. The minimum atomic E-state index is -1.31. The van der Waals surface area contributed by atoms with E-state index in [-0.39, 0.29) is 37.6 Å². The number of carbonyl (C=O) groups is 4. The summed E-state index contributed by atoms with van der Waals surface area (Å²) in [7, 11) is 0. The number of carbonyl (C=O) groups excluding carboxylic acids is 3. The van der Waals surface area contributed by atoms with Crippen molar-refractivity contribution < 1.29 is 44.3 Å². The van der Waals surface area contributed by atoms with Crippen molar-refractivity contribution in [3.8, 4) is 0 Å². The maximum absolute atomic E-state index is 14.3. The molecule has 0 aliphatic heterocycles. The van der Waals surface area contributed by atoms with Crippen LogP contribution in [0.4, 0.5) is 0 Å². The Bertz CT molecular complexity index is 1390. The zero-order valence-electron chi connectivity index (χ0n) is 51.7. The third-order valence-electron chi connectivity index (χ3n) is 15.3. The highest BCUT2D eigenvalue weighted by Crippen LogP contribution is 2.29. The van der Waals surface area contributed by atoms with E-state index < -0.39 is 36.0 Å². The lowest BCUT2D eigenvalue weighted by molar-refractivity contribution is -0.171. The van der Waals surface area contributed by atoms with Gasteiger partial charge >= 0.3 is 11.9 Å². The average molecular weight is 1100 g/mol. The molecule has 9 nitrogen and oxygen atoms in total. The van der Waals surface area contributed by atoms with Crippen molar-refractivity contribution >= 4 is 23.5 Å². The first kappa shape index (κ1) is 77.4. The van der Waals surface area contributed by atoms with E-state index >= 15 is 0 Å². The molecule has 0 aromatic carbocycles. The highest BCUT2D eigenvalue weighted by Gasteiger charge is 2.40. The van der Waals surface area contributed by atoms with E-state index in [9.17, 15) is 24.3 Å². The molecule has 0 amide bonds. The second-order valence-corrected chi connectivity index (χ2v) is 22.9. The van der Waals surface area contributed by atoms with Gasteiger partial charge in [-0.2, -0.15) is 0 Å². The first-order valence-corrected chi connectivity index (χ1v) is 33.5. The van der Waals surface area contributed by atoms with Gasteiger partial charge in [0.25, 0.3) is 0 Å². The van der Waals surface area contributed by atoms with Crippen molar-refractivity contribution in [2.45, 2.75) is 355 Å². The van der Waals surface area contributed by atoms with E-state index in [1.54, 1.807) is 0 Å². The molecule has 0 aliphatic carbocycles. The van der Waals surface area contributed by atoms with Gasteiger partial charge in [-0.3, -0.25) is 14.4 Å². The van der Waals surface area contributed by atoms with Crippen LogP contribution in [-0.4, -0.2) is 69.4 Å². The van der Waals surface area contributed by atoms with E-state index in [1.165, 1.54) is 154 Å². The summed E-state index contributed by atoms with van der Waals surface area (Å²) in [6, 6.07) is 0. The minimum absolute atomic E-state index is 0.0266. The van der Waals surface area contributed by atoms with Crippen LogP contribution in [0.25, 0.3) is 0 Å². The van der Waals surface area contributed by atoms with Gasteiger partial charge in [-0.15, -0.1) is 0 Å². The Morgan fingerprint density at radius 3 is 0.936 bits per heavy atom. The Balaban J connectivity index is 0. The predicted molar refractivity (Wildman–Crippen MR) is 331 cm³/mol. The van der Waals surface area contributed by atoms with E-state index in [0.29, 0.717) is 25.7 Å². The summed E-state index contributed by atoms with van der Waals surface area (Å²) >= 11 is 0. The fourth-order valence-corrected chi connectivity index (χ4v) is 10.2. The van der Waals surface area contributed by atoms with Crippen LogP contribution >= 0.6 is 0 Å². The number of allylic oxidation sites excluding steroid dienone is 6. The van der Waals surface area contributed by atoms with Crippen LogP contribution in [0.3, 0.4) is 0 Å². The van der Waals surface area contributed by atoms with Crippen LogP contribution in [-0.2, 0) is 23.9 Å². The van der Waals surface area contributed by atoms with Crippen molar-refractivity contribution in [1.82, 2.24) is 0 Å². The molecule has 0 saturated heterocycles. The monoisotopic (exact) mass is 1100 g/mol. The van der Waals surface area contributed by atoms with Gasteiger partial charge in [0.15, 0.2) is 6.10 Å². The number of unbranched alkanes of at least 4 members (excludes halogenated alkanes) is 38. The van der Waals surface area contributed by atoms with Crippen LogP contribution in [0, 0.1) is 11.8 Å². The molecular weight excluding hydrogens is 973 g/mol. The maximum atomic E-state index is 14.3. The number of aliphatic hydroxyl groups excluding tert-OH is 3. The molecule has 0 aromatic rings. The highest BCUT2D eigenvalue weighted by atomic mass is 16.6. The summed E-state index contributed by atoms with van der Waals surface area (Å²) in [5, 5.41) is 34.3. The number of carboxylic acids is 1. The summed E-state index contributed by atoms with van der Waals surface area (Å²) in [5.74, 6) is -4.24. The lowest BCUT2D eigenvalue weighted by Crippen LogP contribution is -2.40. The third kappa shape index (κ3) is 54.0. The van der Waals surface area contributed by atoms with E-state index in [1.807, 2.05) is 0 Å². The Morgan fingerprint density at radius 1 is 0.359 bits per heavy atom. The Morgan fingerprint density at radius 2 is 0.628 bits per heavy atom. The Labute approximate surface area is 481 Å². The standard InChI is InChI=1S/C66H120O6.C3H8O3/c1-5-9-13-17-21-25-28-31-33-36-39-42-45-49-53-57-61(67)60(56-52-48-44-41-38-35-30-27-23-19-15-11-7-3)64(66(71)72-63(65(69)70)59-55-51-47-24-20-16-12-8-4)62(68)58-54-50-46-43-40-37-34-32-29-26-22-18-14-10-6-2;4-1-3(6)2-5/h31-35,38,60,63-64H,5-30,36-37,39-59H2,1-4H3,(H,69,70);3-6H,1-2H2. The molecule has 4 N–H and O–H groups in total. The topological polar surface area (TPSA) is 158 Å². The van der Waals surface area contributed by atoms with Crippen molar-refractivity contribution in [3.05, 3.63) is 36.5 Å². The molecule has 3 atom stereocenters. The number of rotatable bonds is 60. The molecule has 0 spiro atoms. The van der Waals surface area contributed by atoms with E-state index in [4.69, 9.17) is 20.1 Å². The average Bonchev–Trinajstić information content (AvgIpc) is 3.45. The molecule has 0 bridgehead atoms. The number of hydrogen-bond acceptors (Lipinski definition) is 8. The summed E-state index contributed by atoms with van der Waals surface area (Å²) in [6.45, 7) is 8.26. The highest BCUT2D eigenvalue weighted by molar-refractivity contribution is 6.04. The zero-order chi connectivity index (χ0) is 57.6. The summed E-state index contributed by atoms with van der Waals surface area (Å²) in [5.41, 5.74) is 0. The van der Waals surface area contributed by atoms with Crippen LogP contribution in [0.2, 0.25) is 0 Å². The third-order valence-corrected chi connectivity index (χ3v) is 15.3. The molecule has 0 aliphatic rings. The number of ketones is 2. The first-order chi connectivity index (χ1) is 38.1. The normalized spacial score (nSPS) is 12.9. The molecule has 0 fully saturated rings. The summed E-state index contributed by atoms with van der Waals surface area (Å²) in [4.78, 5) is 55.5. The maximum Gasteiger partial charge on any atom is 0.345 e. The van der Waals surface area contributed by atoms with Gasteiger partial charge in [-0.05, 0) is 109 Å². The minimum Gasteiger partial charge on any atom is -0.479 e. The van der Waals surface area contributed by atoms with Gasteiger partial charge in [0.1, 0.15) is 23.6 Å². The number of Topliss-reactive ketones (excluding diaryl/α,β-unsaturated/α-hetero) is 2. The molecule has 0 saturated carbocycles. The second kappa shape index (κ2) is 63.6.